The number of hydrogen-bond donors (Lipinski definition) is 1. The molecule has 2 aromatic rings. The van der Waals surface area contributed by atoms with Crippen LogP contribution >= 0.6 is 76.3 Å². The van der Waals surface area contributed by atoms with E-state index in [-0.39, 0.29) is 0 Å². The molecule has 0 aliphatic heterocycles. The largest absolute Gasteiger partial charge is 0.143 e. The summed E-state index contributed by atoms with van der Waals surface area (Å²) < 4.78 is 4.18. The first-order chi connectivity index (χ1) is 8.00. The summed E-state index contributed by atoms with van der Waals surface area (Å²) in [5, 5.41) is 0. The van der Waals surface area contributed by atoms with Crippen LogP contribution in [-0.4, -0.2) is 0 Å². The molecule has 2 rings (SSSR count). The molecule has 0 aliphatic carbocycles. The van der Waals surface area contributed by atoms with Crippen molar-refractivity contribution in [1.82, 2.24) is 0 Å². The average molecular weight is 504 g/mol. The lowest BCUT2D eigenvalue weighted by molar-refractivity contribution is 1.48. The highest BCUT2D eigenvalue weighted by molar-refractivity contribution is 9.14. The van der Waals surface area contributed by atoms with Gasteiger partial charge in [0.1, 0.15) is 0 Å². The van der Waals surface area contributed by atoms with Gasteiger partial charge in [0.05, 0.1) is 0 Å². The number of thiol groups is 1. The summed E-state index contributed by atoms with van der Waals surface area (Å²) in [4.78, 5) is 1.02. The van der Waals surface area contributed by atoms with E-state index in [0.717, 1.165) is 22.8 Å². The third kappa shape index (κ3) is 5.92. The summed E-state index contributed by atoms with van der Waals surface area (Å²) in [5.74, 6) is 0. The van der Waals surface area contributed by atoms with Crippen LogP contribution in [0.25, 0.3) is 0 Å². The van der Waals surface area contributed by atoms with Gasteiger partial charge in [0.25, 0.3) is 0 Å². The standard InChI is InChI=1S/C6H2Br4.C6H6S/c7-3-1-4(8)6(10)2-5(3)9;7-6-4-2-1-3-5-6/h1-2H;1-5,7H. The summed E-state index contributed by atoms with van der Waals surface area (Å²) in [6, 6.07) is 13.7. The summed E-state index contributed by atoms with van der Waals surface area (Å²) in [6.07, 6.45) is 0. The number of halogens is 4. The highest BCUT2D eigenvalue weighted by Crippen LogP contribution is 2.32. The van der Waals surface area contributed by atoms with E-state index in [1.54, 1.807) is 0 Å². The molecule has 17 heavy (non-hydrogen) atoms. The molecule has 0 spiro atoms. The first kappa shape index (κ1) is 15.8. The fourth-order valence-corrected chi connectivity index (χ4v) is 3.09. The fraction of sp³-hybridized carbons (Fsp3) is 0. The molecule has 0 unspecified atom stereocenters. The van der Waals surface area contributed by atoms with Gasteiger partial charge in [-0.3, -0.25) is 0 Å². The predicted molar refractivity (Wildman–Crippen MR) is 90.9 cm³/mol. The molecule has 90 valence electrons. The molecular formula is C12H8Br4S. The molecule has 2 aromatic carbocycles. The average Bonchev–Trinajstić information content (AvgIpc) is 2.28. The van der Waals surface area contributed by atoms with E-state index >= 15 is 0 Å². The Labute approximate surface area is 140 Å². The van der Waals surface area contributed by atoms with Gasteiger partial charge in [0.15, 0.2) is 0 Å². The van der Waals surface area contributed by atoms with E-state index < -0.39 is 0 Å². The zero-order valence-electron chi connectivity index (χ0n) is 8.50. The van der Waals surface area contributed by atoms with Crippen molar-refractivity contribution < 1.29 is 0 Å². The molecule has 0 heterocycles. The Bertz CT molecular complexity index is 435. The van der Waals surface area contributed by atoms with Crippen LogP contribution in [0, 0.1) is 0 Å². The minimum absolute atomic E-state index is 1.02. The summed E-state index contributed by atoms with van der Waals surface area (Å²) in [6.45, 7) is 0. The summed E-state index contributed by atoms with van der Waals surface area (Å²) in [7, 11) is 0. The molecule has 0 bridgehead atoms. The second-order valence-electron chi connectivity index (χ2n) is 3.02. The number of hydrogen-bond acceptors (Lipinski definition) is 1. The molecule has 0 nitrogen and oxygen atoms in total. The molecule has 0 N–H and O–H groups in total. The maximum Gasteiger partial charge on any atom is 0.0329 e. The van der Waals surface area contributed by atoms with Gasteiger partial charge in [-0.1, -0.05) is 18.2 Å². The molecule has 0 fully saturated rings. The lowest BCUT2D eigenvalue weighted by Crippen LogP contribution is -1.72. The van der Waals surface area contributed by atoms with Gasteiger partial charge in [-0.05, 0) is 88.0 Å². The van der Waals surface area contributed by atoms with E-state index in [9.17, 15) is 0 Å². The predicted octanol–water partition coefficient (Wildman–Crippen LogP) is 6.71. The van der Waals surface area contributed by atoms with Gasteiger partial charge in [-0.15, -0.1) is 12.6 Å². The lowest BCUT2D eigenvalue weighted by atomic mass is 10.4. The van der Waals surface area contributed by atoms with Crippen LogP contribution in [0.4, 0.5) is 0 Å². The van der Waals surface area contributed by atoms with Gasteiger partial charge in [-0.2, -0.15) is 0 Å². The van der Waals surface area contributed by atoms with Crippen molar-refractivity contribution in [2.45, 2.75) is 4.90 Å². The van der Waals surface area contributed by atoms with Crippen LogP contribution < -0.4 is 0 Å². The molecule has 0 aromatic heterocycles. The Balaban J connectivity index is 0.000000181. The SMILES string of the molecule is Brc1cc(Br)c(Br)cc1Br.Sc1ccccc1. The zero-order valence-corrected chi connectivity index (χ0v) is 15.7. The van der Waals surface area contributed by atoms with Crippen molar-refractivity contribution in [3.63, 3.8) is 0 Å². The second kappa shape index (κ2) is 8.00. The van der Waals surface area contributed by atoms with Crippen LogP contribution in [0.1, 0.15) is 0 Å². The number of rotatable bonds is 0. The normalized spacial score (nSPS) is 9.47. The summed E-state index contributed by atoms with van der Waals surface area (Å²) >= 11 is 17.6. The molecular weight excluding hydrogens is 496 g/mol. The fourth-order valence-electron chi connectivity index (χ4n) is 0.926. The molecule has 0 saturated heterocycles. The zero-order chi connectivity index (χ0) is 12.8. The third-order valence-corrected chi connectivity index (χ3v) is 5.71. The molecule has 0 aliphatic rings. The van der Waals surface area contributed by atoms with E-state index in [0.29, 0.717) is 0 Å². The van der Waals surface area contributed by atoms with Crippen molar-refractivity contribution >= 4 is 76.3 Å². The monoisotopic (exact) mass is 500 g/mol. The van der Waals surface area contributed by atoms with Crippen LogP contribution in [0.2, 0.25) is 0 Å². The molecule has 0 atom stereocenters. The molecule has 5 heteroatoms. The van der Waals surface area contributed by atoms with Gasteiger partial charge in [0, 0.05) is 22.8 Å². The summed E-state index contributed by atoms with van der Waals surface area (Å²) in [5.41, 5.74) is 0. The van der Waals surface area contributed by atoms with Crippen molar-refractivity contribution in [1.29, 1.82) is 0 Å². The highest BCUT2D eigenvalue weighted by Gasteiger charge is 2.00. The lowest BCUT2D eigenvalue weighted by Gasteiger charge is -1.98. The Hall–Kier alpha value is 0.710. The topological polar surface area (TPSA) is 0 Å². The Kier molecular flexibility index (Phi) is 7.42. The minimum atomic E-state index is 1.02. The number of benzene rings is 2. The van der Waals surface area contributed by atoms with E-state index in [2.05, 4.69) is 76.3 Å². The van der Waals surface area contributed by atoms with Crippen LogP contribution in [-0.2, 0) is 0 Å². The third-order valence-electron chi connectivity index (χ3n) is 1.72. The first-order valence-electron chi connectivity index (χ1n) is 4.54. The van der Waals surface area contributed by atoms with Crippen molar-refractivity contribution in [2.75, 3.05) is 0 Å². The van der Waals surface area contributed by atoms with Gasteiger partial charge < -0.3 is 0 Å². The first-order valence-corrected chi connectivity index (χ1v) is 8.16. The van der Waals surface area contributed by atoms with Gasteiger partial charge >= 0.3 is 0 Å². The maximum atomic E-state index is 4.08. The minimum Gasteiger partial charge on any atom is -0.143 e. The van der Waals surface area contributed by atoms with Crippen LogP contribution in [0.5, 0.6) is 0 Å². The molecule has 0 radical (unpaired) electrons. The maximum absolute atomic E-state index is 4.08. The Morgan fingerprint density at radius 3 is 1.24 bits per heavy atom. The smallest absolute Gasteiger partial charge is 0.0329 e. The van der Waals surface area contributed by atoms with Gasteiger partial charge in [0.2, 0.25) is 0 Å². The van der Waals surface area contributed by atoms with Crippen molar-refractivity contribution in [2.24, 2.45) is 0 Å². The van der Waals surface area contributed by atoms with Crippen molar-refractivity contribution in [3.8, 4) is 0 Å². The Morgan fingerprint density at radius 2 is 1.00 bits per heavy atom. The van der Waals surface area contributed by atoms with E-state index in [1.807, 2.05) is 42.5 Å². The molecule has 0 amide bonds. The second-order valence-corrected chi connectivity index (χ2v) is 6.95. The quantitative estimate of drug-likeness (QED) is 0.300. The van der Waals surface area contributed by atoms with E-state index in [4.69, 9.17) is 0 Å². The van der Waals surface area contributed by atoms with Crippen molar-refractivity contribution in [3.05, 3.63) is 60.4 Å². The molecule has 0 saturated carbocycles. The highest BCUT2D eigenvalue weighted by atomic mass is 79.9. The van der Waals surface area contributed by atoms with Gasteiger partial charge in [-0.25, -0.2) is 0 Å². The Morgan fingerprint density at radius 1 is 0.647 bits per heavy atom. The van der Waals surface area contributed by atoms with E-state index in [1.165, 1.54) is 0 Å². The van der Waals surface area contributed by atoms with Crippen LogP contribution in [0.3, 0.4) is 0 Å². The van der Waals surface area contributed by atoms with Crippen LogP contribution in [0.15, 0.2) is 65.3 Å².